The molecule has 4 aromatic carbocycles. The summed E-state index contributed by atoms with van der Waals surface area (Å²) >= 11 is 0. The van der Waals surface area contributed by atoms with E-state index in [2.05, 4.69) is 106 Å². The molecule has 44 heavy (non-hydrogen) atoms. The molecule has 5 nitrogen and oxygen atoms in total. The Balaban J connectivity index is 1.71. The van der Waals surface area contributed by atoms with E-state index in [9.17, 15) is 0 Å². The molecule has 2 unspecified atom stereocenters. The molecular formula is C39H41N5. The molecule has 0 aliphatic rings. The fourth-order valence-corrected chi connectivity index (χ4v) is 5.10. The topological polar surface area (TPSA) is 45.2 Å². The molecule has 1 aromatic heterocycles. The number of hydrogen-bond acceptors (Lipinski definition) is 5. The highest BCUT2D eigenvalue weighted by molar-refractivity contribution is 5.75. The molecule has 2 atom stereocenters. The van der Waals surface area contributed by atoms with E-state index in [1.54, 1.807) is 6.08 Å². The van der Waals surface area contributed by atoms with Gasteiger partial charge in [0.1, 0.15) is 0 Å². The van der Waals surface area contributed by atoms with Crippen LogP contribution in [0.2, 0.25) is 0 Å². The summed E-state index contributed by atoms with van der Waals surface area (Å²) in [5.74, 6) is 2.50. The smallest absolute Gasteiger partial charge is 0.240 e. The van der Waals surface area contributed by atoms with E-state index in [4.69, 9.17) is 15.0 Å². The van der Waals surface area contributed by atoms with Crippen LogP contribution in [0.5, 0.6) is 0 Å². The lowest BCUT2D eigenvalue weighted by Gasteiger charge is -2.27. The lowest BCUT2D eigenvalue weighted by Crippen LogP contribution is -2.21. The average molecular weight is 580 g/mol. The first-order valence-corrected chi connectivity index (χ1v) is 15.4. The zero-order chi connectivity index (χ0) is 31.1. The van der Waals surface area contributed by atoms with Gasteiger partial charge < -0.3 is 0 Å². The van der Waals surface area contributed by atoms with E-state index < -0.39 is 0 Å². The number of aromatic nitrogens is 3. The van der Waals surface area contributed by atoms with Gasteiger partial charge in [0.25, 0.3) is 0 Å². The van der Waals surface area contributed by atoms with E-state index >= 15 is 0 Å². The van der Waals surface area contributed by atoms with Crippen molar-refractivity contribution in [3.8, 4) is 11.4 Å². The van der Waals surface area contributed by atoms with E-state index in [-0.39, 0.29) is 0 Å². The third-order valence-corrected chi connectivity index (χ3v) is 8.25. The van der Waals surface area contributed by atoms with Gasteiger partial charge in [-0.25, -0.2) is 0 Å². The molecule has 0 saturated heterocycles. The Bertz CT molecular complexity index is 1680. The predicted octanol–water partition coefficient (Wildman–Crippen LogP) is 10.9. The van der Waals surface area contributed by atoms with Crippen molar-refractivity contribution in [1.29, 1.82) is 0 Å². The molecule has 1 heterocycles. The van der Waals surface area contributed by atoms with Crippen molar-refractivity contribution >= 4 is 29.0 Å². The third-order valence-electron chi connectivity index (χ3n) is 8.25. The fourth-order valence-electron chi connectivity index (χ4n) is 5.10. The van der Waals surface area contributed by atoms with Crippen molar-refractivity contribution in [3.63, 3.8) is 0 Å². The van der Waals surface area contributed by atoms with Crippen LogP contribution in [0, 0.1) is 0 Å². The molecule has 0 spiro atoms. The Morgan fingerprint density at radius 1 is 0.636 bits per heavy atom. The monoisotopic (exact) mass is 579 g/mol. The molecule has 5 aromatic rings. The molecular weight excluding hydrogens is 538 g/mol. The van der Waals surface area contributed by atoms with Gasteiger partial charge >= 0.3 is 0 Å². The van der Waals surface area contributed by atoms with Gasteiger partial charge in [0.05, 0.1) is 0 Å². The lowest BCUT2D eigenvalue weighted by molar-refractivity contribution is 0.733. The van der Waals surface area contributed by atoms with Crippen molar-refractivity contribution in [2.45, 2.75) is 52.4 Å². The van der Waals surface area contributed by atoms with Crippen molar-refractivity contribution in [2.24, 2.45) is 0 Å². The van der Waals surface area contributed by atoms with Crippen molar-refractivity contribution in [2.75, 3.05) is 9.80 Å². The van der Waals surface area contributed by atoms with E-state index in [1.807, 2.05) is 53.4 Å². The van der Waals surface area contributed by atoms with Gasteiger partial charge in [0.15, 0.2) is 5.82 Å². The van der Waals surface area contributed by atoms with E-state index in [0.29, 0.717) is 35.3 Å². The van der Waals surface area contributed by atoms with Gasteiger partial charge in [-0.05, 0) is 78.3 Å². The molecule has 5 heteroatoms. The molecule has 0 radical (unpaired) electrons. The molecule has 0 aliphatic heterocycles. The van der Waals surface area contributed by atoms with E-state index in [0.717, 1.165) is 35.5 Å². The van der Waals surface area contributed by atoms with Crippen molar-refractivity contribution < 1.29 is 0 Å². The molecule has 222 valence electrons. The molecule has 0 fully saturated rings. The molecule has 5 rings (SSSR count). The zero-order valence-corrected chi connectivity index (χ0v) is 26.2. The second-order valence-corrected chi connectivity index (χ2v) is 11.1. The minimum absolute atomic E-state index is 0.465. The SMILES string of the molecule is C=CC(=C)N(c1ccc(C(C)CC)cc1)c1nc(-c2ccccc2)nc(N(c2ccccc2)c2ccc(C(C)CC)cc2)n1. The standard InChI is InChI=1S/C39H41N5/c1-7-28(4)31-20-24-35(25-21-31)43(30(6)9-3)38-40-37(33-16-12-10-13-17-33)41-39(42-38)44(34-18-14-11-15-19-34)36-26-22-32(23-27-36)29(5)8-2/h9-29H,3,6-8H2,1-2,4-5H3. The second kappa shape index (κ2) is 14.0. The summed E-state index contributed by atoms with van der Waals surface area (Å²) < 4.78 is 0. The highest BCUT2D eigenvalue weighted by Gasteiger charge is 2.23. The first-order chi connectivity index (χ1) is 21.4. The summed E-state index contributed by atoms with van der Waals surface area (Å²) in [5, 5.41) is 0. The normalized spacial score (nSPS) is 12.3. The van der Waals surface area contributed by atoms with Gasteiger partial charge in [0, 0.05) is 28.3 Å². The number of benzene rings is 4. The van der Waals surface area contributed by atoms with Gasteiger partial charge in [-0.1, -0.05) is 114 Å². The van der Waals surface area contributed by atoms with Crippen LogP contribution in [0.3, 0.4) is 0 Å². The van der Waals surface area contributed by atoms with Gasteiger partial charge in [-0.15, -0.1) is 0 Å². The van der Waals surface area contributed by atoms with Crippen LogP contribution in [-0.2, 0) is 0 Å². The van der Waals surface area contributed by atoms with Crippen LogP contribution in [0.4, 0.5) is 29.0 Å². The summed E-state index contributed by atoms with van der Waals surface area (Å²) in [4.78, 5) is 19.2. The number of para-hydroxylation sites is 1. The number of nitrogens with zero attached hydrogens (tertiary/aromatic N) is 5. The van der Waals surface area contributed by atoms with Gasteiger partial charge in [0.2, 0.25) is 11.9 Å². The summed E-state index contributed by atoms with van der Waals surface area (Å²) in [6.07, 6.45) is 3.89. The molecule has 0 amide bonds. The predicted molar refractivity (Wildman–Crippen MR) is 185 cm³/mol. The maximum Gasteiger partial charge on any atom is 0.240 e. The first-order valence-electron chi connectivity index (χ1n) is 15.4. The van der Waals surface area contributed by atoms with Gasteiger partial charge in [-0.2, -0.15) is 15.0 Å². The first kappa shape index (κ1) is 30.4. The largest absolute Gasteiger partial charge is 0.280 e. The number of anilines is 5. The van der Waals surface area contributed by atoms with Crippen LogP contribution in [0.1, 0.15) is 63.5 Å². The molecule has 0 aliphatic carbocycles. The summed E-state index contributed by atoms with van der Waals surface area (Å²) in [5.41, 5.74) is 6.98. The Hall–Kier alpha value is -5.03. The maximum absolute atomic E-state index is 5.13. The Morgan fingerprint density at radius 3 is 1.64 bits per heavy atom. The Kier molecular flexibility index (Phi) is 9.65. The van der Waals surface area contributed by atoms with E-state index in [1.165, 1.54) is 11.1 Å². The highest BCUT2D eigenvalue weighted by Crippen LogP contribution is 2.37. The summed E-state index contributed by atoms with van der Waals surface area (Å²) in [6.45, 7) is 17.3. The Labute approximate surface area is 262 Å². The zero-order valence-electron chi connectivity index (χ0n) is 26.2. The minimum atomic E-state index is 0.465. The minimum Gasteiger partial charge on any atom is -0.280 e. The van der Waals surface area contributed by atoms with Crippen LogP contribution in [0.25, 0.3) is 11.4 Å². The van der Waals surface area contributed by atoms with Crippen LogP contribution < -0.4 is 9.80 Å². The summed E-state index contributed by atoms with van der Waals surface area (Å²) in [7, 11) is 0. The third kappa shape index (κ3) is 6.63. The number of hydrogen-bond donors (Lipinski definition) is 0. The van der Waals surface area contributed by atoms with Gasteiger partial charge in [-0.3, -0.25) is 9.80 Å². The molecule has 0 N–H and O–H groups in total. The number of allylic oxidation sites excluding steroid dienone is 1. The second-order valence-electron chi connectivity index (χ2n) is 11.1. The maximum atomic E-state index is 5.13. The van der Waals surface area contributed by atoms with Crippen molar-refractivity contribution in [3.05, 3.63) is 145 Å². The summed E-state index contributed by atoms with van der Waals surface area (Å²) in [6, 6.07) is 37.5. The fraction of sp³-hybridized carbons (Fsp3) is 0.205. The van der Waals surface area contributed by atoms with Crippen LogP contribution >= 0.6 is 0 Å². The quantitative estimate of drug-likeness (QED) is 0.138. The molecule has 0 bridgehead atoms. The Morgan fingerprint density at radius 2 is 1.11 bits per heavy atom. The van der Waals surface area contributed by atoms with Crippen LogP contribution in [-0.4, -0.2) is 15.0 Å². The van der Waals surface area contributed by atoms with Crippen molar-refractivity contribution in [1.82, 2.24) is 15.0 Å². The van der Waals surface area contributed by atoms with Crippen LogP contribution in [0.15, 0.2) is 134 Å². The lowest BCUT2D eigenvalue weighted by atomic mass is 9.98. The molecule has 0 saturated carbocycles. The number of rotatable bonds is 12. The average Bonchev–Trinajstić information content (AvgIpc) is 3.09. The highest BCUT2D eigenvalue weighted by atomic mass is 15.3.